The summed E-state index contributed by atoms with van der Waals surface area (Å²) in [7, 11) is 1.81. The van der Waals surface area contributed by atoms with Gasteiger partial charge in [-0.25, -0.2) is 0 Å². The third-order valence-electron chi connectivity index (χ3n) is 5.49. The van der Waals surface area contributed by atoms with E-state index >= 15 is 0 Å². The summed E-state index contributed by atoms with van der Waals surface area (Å²) >= 11 is 0. The Morgan fingerprint density at radius 2 is 1.86 bits per heavy atom. The summed E-state index contributed by atoms with van der Waals surface area (Å²) in [6, 6.07) is 15.1. The molecule has 3 aromatic rings. The molecule has 0 saturated heterocycles. The molecule has 0 aliphatic carbocycles. The Hall–Kier alpha value is -3.21. The predicted molar refractivity (Wildman–Crippen MR) is 123 cm³/mol. The van der Waals surface area contributed by atoms with E-state index in [0.717, 1.165) is 38.6 Å². The number of aliphatic imine (C=N–C) groups is 1. The van der Waals surface area contributed by atoms with Gasteiger partial charge in [-0.1, -0.05) is 36.4 Å². The van der Waals surface area contributed by atoms with Crippen LogP contribution in [0.1, 0.15) is 16.7 Å². The number of nitrogens with one attached hydrogen (secondary N) is 3. The van der Waals surface area contributed by atoms with Crippen LogP contribution in [0.15, 0.2) is 65.8 Å². The third-order valence-corrected chi connectivity index (χ3v) is 5.49. The molecule has 0 radical (unpaired) electrons. The molecule has 0 spiro atoms. The van der Waals surface area contributed by atoms with Gasteiger partial charge in [0.1, 0.15) is 0 Å². The molecule has 2 heterocycles. The molecule has 2 aromatic carbocycles. The smallest absolute Gasteiger partial charge is 0.191 e. The standard InChI is InChI=1S/C24H29N5/c1-18-6-5-7-22-23(18)20(17-27-22)12-13-26-24(25-2)28-16-19-8-10-21(11-9-19)29-14-3-4-15-29/h3-11,17,27H,12-16H2,1-2H3,(H2,25,26,28). The Balaban J connectivity index is 1.27. The molecule has 0 saturated carbocycles. The number of rotatable bonds is 6. The van der Waals surface area contributed by atoms with E-state index < -0.39 is 0 Å². The van der Waals surface area contributed by atoms with Crippen LogP contribution in [0.4, 0.5) is 5.69 Å². The van der Waals surface area contributed by atoms with Crippen LogP contribution >= 0.6 is 0 Å². The summed E-state index contributed by atoms with van der Waals surface area (Å²) in [4.78, 5) is 10.1. The van der Waals surface area contributed by atoms with Crippen molar-refractivity contribution in [3.63, 3.8) is 0 Å². The summed E-state index contributed by atoms with van der Waals surface area (Å²) in [5.41, 5.74) is 6.38. The van der Waals surface area contributed by atoms with E-state index in [9.17, 15) is 0 Å². The molecule has 1 aliphatic heterocycles. The van der Waals surface area contributed by atoms with Crippen molar-refractivity contribution in [2.24, 2.45) is 4.99 Å². The van der Waals surface area contributed by atoms with Gasteiger partial charge in [-0.05, 0) is 48.2 Å². The summed E-state index contributed by atoms with van der Waals surface area (Å²) < 4.78 is 0. The van der Waals surface area contributed by atoms with Crippen LogP contribution < -0.4 is 15.5 Å². The highest BCUT2D eigenvalue weighted by Crippen LogP contribution is 2.22. The van der Waals surface area contributed by atoms with Crippen molar-refractivity contribution in [3.05, 3.63) is 77.5 Å². The van der Waals surface area contributed by atoms with Gasteiger partial charge in [0.2, 0.25) is 0 Å². The molecule has 1 aromatic heterocycles. The van der Waals surface area contributed by atoms with Gasteiger partial charge in [0, 0.05) is 56.0 Å². The number of benzene rings is 2. The average Bonchev–Trinajstić information content (AvgIpc) is 3.42. The fourth-order valence-corrected chi connectivity index (χ4v) is 3.88. The lowest BCUT2D eigenvalue weighted by Gasteiger charge is -2.18. The molecule has 0 unspecified atom stereocenters. The number of hydrogen-bond donors (Lipinski definition) is 3. The summed E-state index contributed by atoms with van der Waals surface area (Å²) in [5, 5.41) is 8.17. The fraction of sp³-hybridized carbons (Fsp3) is 0.292. The Morgan fingerprint density at radius 1 is 1.07 bits per heavy atom. The minimum atomic E-state index is 0.754. The molecular weight excluding hydrogens is 358 g/mol. The second-order valence-electron chi connectivity index (χ2n) is 7.46. The molecule has 0 amide bonds. The van der Waals surface area contributed by atoms with Crippen LogP contribution in [-0.4, -0.2) is 37.6 Å². The number of aromatic amines is 1. The second kappa shape index (κ2) is 8.86. The van der Waals surface area contributed by atoms with E-state index in [1.807, 2.05) is 7.05 Å². The van der Waals surface area contributed by atoms with Crippen LogP contribution in [0.5, 0.6) is 0 Å². The summed E-state index contributed by atoms with van der Waals surface area (Å²) in [6.07, 6.45) is 7.49. The van der Waals surface area contributed by atoms with Gasteiger partial charge in [0.05, 0.1) is 0 Å². The van der Waals surface area contributed by atoms with Crippen molar-refractivity contribution in [2.75, 3.05) is 31.6 Å². The van der Waals surface area contributed by atoms with E-state index in [2.05, 4.69) is 93.2 Å². The molecule has 5 nitrogen and oxygen atoms in total. The van der Waals surface area contributed by atoms with Gasteiger partial charge in [-0.3, -0.25) is 4.99 Å². The largest absolute Gasteiger partial charge is 0.364 e. The topological polar surface area (TPSA) is 55.5 Å². The Labute approximate surface area is 172 Å². The molecule has 29 heavy (non-hydrogen) atoms. The lowest BCUT2D eigenvalue weighted by atomic mass is 10.1. The van der Waals surface area contributed by atoms with Gasteiger partial charge >= 0.3 is 0 Å². The van der Waals surface area contributed by atoms with Crippen molar-refractivity contribution in [3.8, 4) is 0 Å². The summed E-state index contributed by atoms with van der Waals surface area (Å²) in [6.45, 7) is 5.76. The number of nitrogens with zero attached hydrogens (tertiary/aromatic N) is 2. The van der Waals surface area contributed by atoms with Crippen molar-refractivity contribution < 1.29 is 0 Å². The van der Waals surface area contributed by atoms with Crippen molar-refractivity contribution in [2.45, 2.75) is 19.9 Å². The number of aromatic nitrogens is 1. The van der Waals surface area contributed by atoms with E-state index in [1.165, 1.54) is 33.3 Å². The van der Waals surface area contributed by atoms with Crippen LogP contribution in [0.2, 0.25) is 0 Å². The minimum absolute atomic E-state index is 0.754. The van der Waals surface area contributed by atoms with E-state index in [1.54, 1.807) is 0 Å². The number of fused-ring (bicyclic) bond motifs is 1. The maximum Gasteiger partial charge on any atom is 0.191 e. The van der Waals surface area contributed by atoms with E-state index in [-0.39, 0.29) is 0 Å². The molecule has 4 rings (SSSR count). The zero-order valence-corrected chi connectivity index (χ0v) is 17.2. The molecule has 0 atom stereocenters. The van der Waals surface area contributed by atoms with Crippen LogP contribution in [-0.2, 0) is 13.0 Å². The first-order valence-corrected chi connectivity index (χ1v) is 10.2. The minimum Gasteiger partial charge on any atom is -0.364 e. The Bertz CT molecular complexity index is 1010. The zero-order chi connectivity index (χ0) is 20.1. The predicted octanol–water partition coefficient (Wildman–Crippen LogP) is 3.76. The number of H-pyrrole nitrogens is 1. The highest BCUT2D eigenvalue weighted by molar-refractivity contribution is 5.86. The molecule has 0 fully saturated rings. The molecule has 3 N–H and O–H groups in total. The molecule has 1 aliphatic rings. The lowest BCUT2D eigenvalue weighted by molar-refractivity contribution is 0.796. The first kappa shape index (κ1) is 19.1. The molecule has 5 heteroatoms. The van der Waals surface area contributed by atoms with Crippen molar-refractivity contribution in [1.82, 2.24) is 15.6 Å². The van der Waals surface area contributed by atoms with Crippen molar-refractivity contribution >= 4 is 22.5 Å². The van der Waals surface area contributed by atoms with E-state index in [0.29, 0.717) is 0 Å². The van der Waals surface area contributed by atoms with Gasteiger partial charge in [-0.2, -0.15) is 0 Å². The van der Waals surface area contributed by atoms with E-state index in [4.69, 9.17) is 0 Å². The SMILES string of the molecule is CN=C(NCCc1c[nH]c2cccc(C)c12)NCc1ccc(N2CC=CC2)cc1. The number of guanidine groups is 1. The monoisotopic (exact) mass is 387 g/mol. The van der Waals surface area contributed by atoms with Gasteiger partial charge < -0.3 is 20.5 Å². The van der Waals surface area contributed by atoms with Crippen LogP contribution in [0, 0.1) is 6.92 Å². The first-order chi connectivity index (χ1) is 14.2. The van der Waals surface area contributed by atoms with Crippen molar-refractivity contribution in [1.29, 1.82) is 0 Å². The molecule has 0 bridgehead atoms. The molecular formula is C24H29N5. The lowest BCUT2D eigenvalue weighted by Crippen LogP contribution is -2.37. The first-order valence-electron chi connectivity index (χ1n) is 10.2. The number of aryl methyl sites for hydroxylation is 1. The normalized spacial score (nSPS) is 14.0. The number of hydrogen-bond acceptors (Lipinski definition) is 2. The van der Waals surface area contributed by atoms with Gasteiger partial charge in [0.25, 0.3) is 0 Å². The maximum absolute atomic E-state index is 4.35. The van der Waals surface area contributed by atoms with Crippen LogP contribution in [0.3, 0.4) is 0 Å². The Morgan fingerprint density at radius 3 is 2.62 bits per heavy atom. The number of anilines is 1. The summed E-state index contributed by atoms with van der Waals surface area (Å²) in [5.74, 6) is 0.828. The third kappa shape index (κ3) is 4.45. The zero-order valence-electron chi connectivity index (χ0n) is 17.2. The quantitative estimate of drug-likeness (QED) is 0.343. The van der Waals surface area contributed by atoms with Gasteiger partial charge in [0.15, 0.2) is 5.96 Å². The fourth-order valence-electron chi connectivity index (χ4n) is 3.88. The molecule has 150 valence electrons. The second-order valence-corrected chi connectivity index (χ2v) is 7.46. The highest BCUT2D eigenvalue weighted by atomic mass is 15.2. The highest BCUT2D eigenvalue weighted by Gasteiger charge is 2.08. The maximum atomic E-state index is 4.35. The Kier molecular flexibility index (Phi) is 5.84. The van der Waals surface area contributed by atoms with Crippen LogP contribution in [0.25, 0.3) is 10.9 Å². The van der Waals surface area contributed by atoms with Gasteiger partial charge in [-0.15, -0.1) is 0 Å². The average molecular weight is 388 g/mol.